The van der Waals surface area contributed by atoms with Crippen molar-refractivity contribution in [3.8, 4) is 5.75 Å². The highest BCUT2D eigenvalue weighted by molar-refractivity contribution is 6.03. The van der Waals surface area contributed by atoms with Crippen LogP contribution >= 0.6 is 0 Å². The number of carbonyl (C=O) groups is 2. The summed E-state index contributed by atoms with van der Waals surface area (Å²) < 4.78 is 5.33. The second-order valence-electron chi connectivity index (χ2n) is 7.34. The molecule has 158 valence electrons. The van der Waals surface area contributed by atoms with Gasteiger partial charge in [0.15, 0.2) is 0 Å². The molecule has 0 spiro atoms. The number of urea groups is 1. The smallest absolute Gasteiger partial charge is 0.317 e. The second-order valence-corrected chi connectivity index (χ2v) is 7.34. The van der Waals surface area contributed by atoms with Crippen molar-refractivity contribution in [1.82, 2.24) is 15.2 Å². The van der Waals surface area contributed by atoms with Crippen molar-refractivity contribution in [2.24, 2.45) is 5.10 Å². The molecule has 0 radical (unpaired) electrons. The molecule has 0 fully saturated rings. The van der Waals surface area contributed by atoms with Crippen molar-refractivity contribution in [2.45, 2.75) is 26.3 Å². The highest BCUT2D eigenvalue weighted by Gasteiger charge is 2.34. The first-order valence-electron chi connectivity index (χ1n) is 10.0. The van der Waals surface area contributed by atoms with Crippen molar-refractivity contribution >= 4 is 17.6 Å². The average molecular weight is 409 g/mol. The van der Waals surface area contributed by atoms with E-state index in [4.69, 9.17) is 4.74 Å². The Bertz CT molecular complexity index is 940. The van der Waals surface area contributed by atoms with Crippen LogP contribution in [-0.2, 0) is 4.79 Å². The van der Waals surface area contributed by atoms with Crippen LogP contribution in [0.5, 0.6) is 5.75 Å². The standard InChI is InChI=1S/C23H28N4O3/c1-5-24-23(29)26(3)15-22(28)27-21(17-11-9-16(2)10-12-17)14-20(25-27)18-7-6-8-19(13-18)30-4/h6-13,21H,5,14-15H2,1-4H3,(H,24,29)/t21-/m1/s1. The normalized spacial score (nSPS) is 15.5. The van der Waals surface area contributed by atoms with Crippen LogP contribution in [0, 0.1) is 6.92 Å². The van der Waals surface area contributed by atoms with Crippen molar-refractivity contribution in [2.75, 3.05) is 27.2 Å². The van der Waals surface area contributed by atoms with E-state index in [0.717, 1.165) is 28.2 Å². The van der Waals surface area contributed by atoms with E-state index in [-0.39, 0.29) is 24.5 Å². The number of likely N-dealkylation sites (N-methyl/N-ethyl adjacent to an activating group) is 1. The number of benzene rings is 2. The van der Waals surface area contributed by atoms with E-state index in [2.05, 4.69) is 10.4 Å². The summed E-state index contributed by atoms with van der Waals surface area (Å²) in [6.07, 6.45) is 0.590. The fourth-order valence-corrected chi connectivity index (χ4v) is 3.40. The minimum absolute atomic E-state index is 0.0525. The van der Waals surface area contributed by atoms with Crippen LogP contribution in [0.1, 0.15) is 36.1 Å². The molecule has 0 saturated carbocycles. The summed E-state index contributed by atoms with van der Waals surface area (Å²) in [5, 5.41) is 8.87. The lowest BCUT2D eigenvalue weighted by Gasteiger charge is -2.25. The summed E-state index contributed by atoms with van der Waals surface area (Å²) in [5.74, 6) is 0.509. The molecule has 0 saturated heterocycles. The van der Waals surface area contributed by atoms with Gasteiger partial charge in [-0.2, -0.15) is 5.10 Å². The molecule has 1 heterocycles. The molecule has 3 rings (SSSR count). The zero-order chi connectivity index (χ0) is 21.7. The Morgan fingerprint density at radius 1 is 1.23 bits per heavy atom. The fraction of sp³-hybridized carbons (Fsp3) is 0.348. The zero-order valence-electron chi connectivity index (χ0n) is 17.9. The van der Waals surface area contributed by atoms with Gasteiger partial charge in [0.1, 0.15) is 12.3 Å². The van der Waals surface area contributed by atoms with Crippen LogP contribution in [0.4, 0.5) is 4.79 Å². The molecule has 30 heavy (non-hydrogen) atoms. The highest BCUT2D eigenvalue weighted by atomic mass is 16.5. The Hall–Kier alpha value is -3.35. The van der Waals surface area contributed by atoms with Gasteiger partial charge in [-0.1, -0.05) is 42.0 Å². The maximum atomic E-state index is 13.1. The van der Waals surface area contributed by atoms with E-state index >= 15 is 0 Å². The van der Waals surface area contributed by atoms with Gasteiger partial charge in [-0.25, -0.2) is 9.80 Å². The molecule has 0 aliphatic carbocycles. The summed E-state index contributed by atoms with van der Waals surface area (Å²) in [7, 11) is 3.23. The predicted molar refractivity (Wildman–Crippen MR) is 117 cm³/mol. The molecule has 7 nitrogen and oxygen atoms in total. The van der Waals surface area contributed by atoms with E-state index in [9.17, 15) is 9.59 Å². The Labute approximate surface area is 177 Å². The maximum absolute atomic E-state index is 13.1. The topological polar surface area (TPSA) is 74.2 Å². The second kappa shape index (κ2) is 9.43. The number of aryl methyl sites for hydroxylation is 1. The molecule has 1 N–H and O–H groups in total. The number of methoxy groups -OCH3 is 1. The first-order chi connectivity index (χ1) is 14.4. The Morgan fingerprint density at radius 3 is 2.63 bits per heavy atom. The number of amides is 3. The lowest BCUT2D eigenvalue weighted by atomic mass is 9.97. The molecule has 1 aliphatic rings. The van der Waals surface area contributed by atoms with Gasteiger partial charge in [0.05, 0.1) is 18.9 Å². The third-order valence-corrected chi connectivity index (χ3v) is 5.08. The largest absolute Gasteiger partial charge is 0.497 e. The van der Waals surface area contributed by atoms with Crippen LogP contribution in [0.15, 0.2) is 53.6 Å². The number of nitrogens with zero attached hydrogens (tertiary/aromatic N) is 3. The molecule has 0 aromatic heterocycles. The molecule has 2 aromatic carbocycles. The van der Waals surface area contributed by atoms with Gasteiger partial charge < -0.3 is 15.0 Å². The summed E-state index contributed by atoms with van der Waals surface area (Å²) in [6.45, 7) is 4.32. The van der Waals surface area contributed by atoms with Crippen LogP contribution in [0.2, 0.25) is 0 Å². The maximum Gasteiger partial charge on any atom is 0.317 e. The molecule has 0 unspecified atom stereocenters. The molecule has 7 heteroatoms. The number of hydrogen-bond donors (Lipinski definition) is 1. The average Bonchev–Trinajstić information content (AvgIpc) is 3.20. The third-order valence-electron chi connectivity index (χ3n) is 5.08. The van der Waals surface area contributed by atoms with Crippen molar-refractivity contribution in [3.63, 3.8) is 0 Å². The third kappa shape index (κ3) is 4.79. The van der Waals surface area contributed by atoms with Gasteiger partial charge in [0.25, 0.3) is 5.91 Å². The molecule has 3 amide bonds. The van der Waals surface area contributed by atoms with E-state index in [0.29, 0.717) is 13.0 Å². The number of rotatable bonds is 6. The molecule has 2 aromatic rings. The molecule has 1 aliphatic heterocycles. The van der Waals surface area contributed by atoms with E-state index in [1.54, 1.807) is 14.2 Å². The number of ether oxygens (including phenoxy) is 1. The monoisotopic (exact) mass is 408 g/mol. The Balaban J connectivity index is 1.89. The number of carbonyl (C=O) groups excluding carboxylic acids is 2. The van der Waals surface area contributed by atoms with Crippen molar-refractivity contribution in [1.29, 1.82) is 0 Å². The zero-order valence-corrected chi connectivity index (χ0v) is 17.9. The minimum atomic E-state index is -0.283. The summed E-state index contributed by atoms with van der Waals surface area (Å²) >= 11 is 0. The SMILES string of the molecule is CCNC(=O)N(C)CC(=O)N1N=C(c2cccc(OC)c2)C[C@@H]1c1ccc(C)cc1. The number of hydrogen-bond acceptors (Lipinski definition) is 4. The van der Waals surface area contributed by atoms with E-state index < -0.39 is 0 Å². The van der Waals surface area contributed by atoms with E-state index in [1.807, 2.05) is 62.4 Å². The van der Waals surface area contributed by atoms with E-state index in [1.165, 1.54) is 9.91 Å². The first-order valence-corrected chi connectivity index (χ1v) is 10.0. The summed E-state index contributed by atoms with van der Waals surface area (Å²) in [6, 6.07) is 15.3. The minimum Gasteiger partial charge on any atom is -0.497 e. The fourth-order valence-electron chi connectivity index (χ4n) is 3.40. The lowest BCUT2D eigenvalue weighted by Crippen LogP contribution is -2.43. The Morgan fingerprint density at radius 2 is 1.97 bits per heavy atom. The van der Waals surface area contributed by atoms with Crippen molar-refractivity contribution < 1.29 is 14.3 Å². The van der Waals surface area contributed by atoms with Gasteiger partial charge in [0.2, 0.25) is 0 Å². The highest BCUT2D eigenvalue weighted by Crippen LogP contribution is 2.33. The van der Waals surface area contributed by atoms with Gasteiger partial charge >= 0.3 is 6.03 Å². The van der Waals surface area contributed by atoms with Gasteiger partial charge in [-0.15, -0.1) is 0 Å². The van der Waals surface area contributed by atoms with Crippen molar-refractivity contribution in [3.05, 3.63) is 65.2 Å². The molecular formula is C23H28N4O3. The predicted octanol–water partition coefficient (Wildman–Crippen LogP) is 3.34. The van der Waals surface area contributed by atoms with Crippen LogP contribution < -0.4 is 10.1 Å². The van der Waals surface area contributed by atoms with Crippen LogP contribution in [-0.4, -0.2) is 54.8 Å². The summed E-state index contributed by atoms with van der Waals surface area (Å²) in [5.41, 5.74) is 3.89. The Kier molecular flexibility index (Phi) is 6.72. The van der Waals surface area contributed by atoms with Gasteiger partial charge in [0, 0.05) is 25.6 Å². The van der Waals surface area contributed by atoms with Gasteiger partial charge in [-0.3, -0.25) is 4.79 Å². The van der Waals surface area contributed by atoms with Gasteiger partial charge in [-0.05, 0) is 31.5 Å². The van der Waals surface area contributed by atoms with Crippen LogP contribution in [0.3, 0.4) is 0 Å². The number of hydrazone groups is 1. The first kappa shape index (κ1) is 21.4. The molecule has 1 atom stereocenters. The number of nitrogens with one attached hydrogen (secondary N) is 1. The molecule has 0 bridgehead atoms. The molecular weight excluding hydrogens is 380 g/mol. The summed E-state index contributed by atoms with van der Waals surface area (Å²) in [4.78, 5) is 26.5. The van der Waals surface area contributed by atoms with Crippen LogP contribution in [0.25, 0.3) is 0 Å². The quantitative estimate of drug-likeness (QED) is 0.797. The lowest BCUT2D eigenvalue weighted by molar-refractivity contribution is -0.133.